The number of nitrogens with one attached hydrogen (secondary N) is 1. The Kier molecular flexibility index (Phi) is 4.51. The highest BCUT2D eigenvalue weighted by Crippen LogP contribution is 2.18. The standard InChI is InChI=1S/C15H13ClN4O/c1-9(2)14-18-8-12(16)13(20-14)15(21)19-11-5-3-10(7-17)4-6-11/h3-6,8-9H,1-2H3,(H,19,21). The number of benzene rings is 1. The van der Waals surface area contributed by atoms with E-state index in [1.54, 1.807) is 24.3 Å². The number of aromatic nitrogens is 2. The molecule has 1 heterocycles. The second-order valence-corrected chi connectivity index (χ2v) is 5.13. The van der Waals surface area contributed by atoms with E-state index in [1.807, 2.05) is 19.9 Å². The average molecular weight is 301 g/mol. The normalized spacial score (nSPS) is 10.2. The average Bonchev–Trinajstić information content (AvgIpc) is 2.48. The zero-order valence-corrected chi connectivity index (χ0v) is 12.3. The molecule has 0 fully saturated rings. The molecular formula is C15H13ClN4O. The Morgan fingerprint density at radius 2 is 2.00 bits per heavy atom. The molecule has 0 aliphatic carbocycles. The Morgan fingerprint density at radius 1 is 1.33 bits per heavy atom. The lowest BCUT2D eigenvalue weighted by molar-refractivity contribution is 0.102. The number of carbonyl (C=O) groups is 1. The Balaban J connectivity index is 2.23. The van der Waals surface area contributed by atoms with Gasteiger partial charge in [0.2, 0.25) is 0 Å². The van der Waals surface area contributed by atoms with Crippen molar-refractivity contribution in [3.8, 4) is 6.07 Å². The van der Waals surface area contributed by atoms with Crippen LogP contribution in [-0.2, 0) is 0 Å². The predicted molar refractivity (Wildman–Crippen MR) is 80.2 cm³/mol. The van der Waals surface area contributed by atoms with Gasteiger partial charge in [-0.1, -0.05) is 25.4 Å². The molecule has 0 atom stereocenters. The molecular weight excluding hydrogens is 288 g/mol. The molecule has 1 amide bonds. The first-order chi connectivity index (χ1) is 10.0. The van der Waals surface area contributed by atoms with E-state index in [2.05, 4.69) is 15.3 Å². The van der Waals surface area contributed by atoms with Gasteiger partial charge in [-0.3, -0.25) is 4.79 Å². The first-order valence-electron chi connectivity index (χ1n) is 6.35. The van der Waals surface area contributed by atoms with Crippen LogP contribution in [0.3, 0.4) is 0 Å². The molecule has 0 spiro atoms. The molecule has 0 bridgehead atoms. The summed E-state index contributed by atoms with van der Waals surface area (Å²) < 4.78 is 0. The van der Waals surface area contributed by atoms with E-state index in [4.69, 9.17) is 16.9 Å². The van der Waals surface area contributed by atoms with Crippen LogP contribution in [0.1, 0.15) is 41.6 Å². The largest absolute Gasteiger partial charge is 0.321 e. The number of hydrogen-bond donors (Lipinski definition) is 1. The van der Waals surface area contributed by atoms with Gasteiger partial charge in [-0.25, -0.2) is 9.97 Å². The molecule has 0 aliphatic rings. The van der Waals surface area contributed by atoms with Crippen LogP contribution >= 0.6 is 11.6 Å². The third-order valence-electron chi connectivity index (χ3n) is 2.77. The number of amides is 1. The van der Waals surface area contributed by atoms with Crippen molar-refractivity contribution in [2.75, 3.05) is 5.32 Å². The highest BCUT2D eigenvalue weighted by atomic mass is 35.5. The Bertz CT molecular complexity index is 705. The van der Waals surface area contributed by atoms with Crippen LogP contribution in [0.2, 0.25) is 5.02 Å². The zero-order valence-electron chi connectivity index (χ0n) is 11.6. The number of halogens is 1. The van der Waals surface area contributed by atoms with Gasteiger partial charge in [0.15, 0.2) is 5.69 Å². The van der Waals surface area contributed by atoms with Crippen LogP contribution in [0.4, 0.5) is 5.69 Å². The molecule has 0 unspecified atom stereocenters. The van der Waals surface area contributed by atoms with Crippen molar-refractivity contribution < 1.29 is 4.79 Å². The van der Waals surface area contributed by atoms with Crippen molar-refractivity contribution in [1.82, 2.24) is 9.97 Å². The smallest absolute Gasteiger partial charge is 0.275 e. The van der Waals surface area contributed by atoms with E-state index in [1.165, 1.54) is 6.20 Å². The molecule has 2 rings (SSSR count). The summed E-state index contributed by atoms with van der Waals surface area (Å²) in [4.78, 5) is 20.5. The van der Waals surface area contributed by atoms with Gasteiger partial charge in [-0.2, -0.15) is 5.26 Å². The van der Waals surface area contributed by atoms with Crippen LogP contribution < -0.4 is 5.32 Å². The van der Waals surface area contributed by atoms with Crippen molar-refractivity contribution >= 4 is 23.2 Å². The van der Waals surface area contributed by atoms with Crippen molar-refractivity contribution in [3.63, 3.8) is 0 Å². The van der Waals surface area contributed by atoms with E-state index >= 15 is 0 Å². The maximum Gasteiger partial charge on any atom is 0.275 e. The van der Waals surface area contributed by atoms with Gasteiger partial charge < -0.3 is 5.32 Å². The SMILES string of the molecule is CC(C)c1ncc(Cl)c(C(=O)Nc2ccc(C#N)cc2)n1. The minimum Gasteiger partial charge on any atom is -0.321 e. The number of nitriles is 1. The van der Waals surface area contributed by atoms with Crippen LogP contribution in [0.25, 0.3) is 0 Å². The second-order valence-electron chi connectivity index (χ2n) is 4.72. The summed E-state index contributed by atoms with van der Waals surface area (Å²) in [7, 11) is 0. The van der Waals surface area contributed by atoms with Crippen molar-refractivity contribution in [2.45, 2.75) is 19.8 Å². The molecule has 0 aliphatic heterocycles. The number of carbonyl (C=O) groups excluding carboxylic acids is 1. The summed E-state index contributed by atoms with van der Waals surface area (Å²) in [6, 6.07) is 8.55. The summed E-state index contributed by atoms with van der Waals surface area (Å²) in [5.74, 6) is 0.252. The van der Waals surface area contributed by atoms with E-state index in [0.29, 0.717) is 17.1 Å². The molecule has 6 heteroatoms. The number of rotatable bonds is 3. The van der Waals surface area contributed by atoms with E-state index < -0.39 is 5.91 Å². The van der Waals surface area contributed by atoms with E-state index in [-0.39, 0.29) is 16.6 Å². The maximum atomic E-state index is 12.2. The molecule has 1 aromatic heterocycles. The number of hydrogen-bond acceptors (Lipinski definition) is 4. The van der Waals surface area contributed by atoms with Gasteiger partial charge in [0, 0.05) is 11.6 Å². The fourth-order valence-corrected chi connectivity index (χ4v) is 1.81. The van der Waals surface area contributed by atoms with E-state index in [0.717, 1.165) is 0 Å². The van der Waals surface area contributed by atoms with Crippen LogP contribution in [-0.4, -0.2) is 15.9 Å². The molecule has 1 N–H and O–H groups in total. The molecule has 21 heavy (non-hydrogen) atoms. The first-order valence-corrected chi connectivity index (χ1v) is 6.73. The third kappa shape index (κ3) is 3.56. The summed E-state index contributed by atoms with van der Waals surface area (Å²) in [6.07, 6.45) is 1.43. The molecule has 106 valence electrons. The minimum absolute atomic E-state index is 0.101. The van der Waals surface area contributed by atoms with Crippen molar-refractivity contribution in [1.29, 1.82) is 5.26 Å². The van der Waals surface area contributed by atoms with Crippen molar-refractivity contribution in [2.24, 2.45) is 0 Å². The van der Waals surface area contributed by atoms with Gasteiger partial charge in [-0.05, 0) is 24.3 Å². The number of nitrogens with zero attached hydrogens (tertiary/aromatic N) is 3. The monoisotopic (exact) mass is 300 g/mol. The fourth-order valence-electron chi connectivity index (χ4n) is 1.64. The Morgan fingerprint density at radius 3 is 2.57 bits per heavy atom. The molecule has 5 nitrogen and oxygen atoms in total. The van der Waals surface area contributed by atoms with Crippen LogP contribution in [0.15, 0.2) is 30.5 Å². The zero-order chi connectivity index (χ0) is 15.4. The van der Waals surface area contributed by atoms with E-state index in [9.17, 15) is 4.79 Å². The first kappa shape index (κ1) is 14.9. The van der Waals surface area contributed by atoms with Gasteiger partial charge in [0.25, 0.3) is 5.91 Å². The predicted octanol–water partition coefficient (Wildman–Crippen LogP) is 3.38. The van der Waals surface area contributed by atoms with Crippen LogP contribution in [0, 0.1) is 11.3 Å². The Labute approximate surface area is 127 Å². The summed E-state index contributed by atoms with van der Waals surface area (Å²) in [5, 5.41) is 11.6. The van der Waals surface area contributed by atoms with Gasteiger partial charge in [0.05, 0.1) is 22.9 Å². The maximum absolute atomic E-state index is 12.2. The highest BCUT2D eigenvalue weighted by molar-refractivity contribution is 6.33. The van der Waals surface area contributed by atoms with Crippen molar-refractivity contribution in [3.05, 3.63) is 52.6 Å². The van der Waals surface area contributed by atoms with Gasteiger partial charge in [-0.15, -0.1) is 0 Å². The lowest BCUT2D eigenvalue weighted by atomic mass is 10.2. The second kappa shape index (κ2) is 6.33. The lowest BCUT2D eigenvalue weighted by Gasteiger charge is -2.09. The summed E-state index contributed by atoms with van der Waals surface area (Å²) in [5.41, 5.74) is 1.23. The molecule has 0 saturated carbocycles. The van der Waals surface area contributed by atoms with Gasteiger partial charge in [0.1, 0.15) is 5.82 Å². The minimum atomic E-state index is -0.408. The quantitative estimate of drug-likeness (QED) is 0.942. The topological polar surface area (TPSA) is 78.7 Å². The fraction of sp³-hybridized carbons (Fsp3) is 0.200. The summed E-state index contributed by atoms with van der Waals surface area (Å²) >= 11 is 5.98. The molecule has 0 saturated heterocycles. The van der Waals surface area contributed by atoms with Crippen LogP contribution in [0.5, 0.6) is 0 Å². The molecule has 0 radical (unpaired) electrons. The van der Waals surface area contributed by atoms with Gasteiger partial charge >= 0.3 is 0 Å². The summed E-state index contributed by atoms with van der Waals surface area (Å²) in [6.45, 7) is 3.87. The lowest BCUT2D eigenvalue weighted by Crippen LogP contribution is -2.16. The molecule has 2 aromatic rings. The third-order valence-corrected chi connectivity index (χ3v) is 3.04. The highest BCUT2D eigenvalue weighted by Gasteiger charge is 2.15. The molecule has 1 aromatic carbocycles. The Hall–Kier alpha value is -2.45. The number of anilines is 1.